The van der Waals surface area contributed by atoms with E-state index in [9.17, 15) is 9.18 Å². The molecule has 0 saturated carbocycles. The van der Waals surface area contributed by atoms with Gasteiger partial charge in [-0.1, -0.05) is 0 Å². The summed E-state index contributed by atoms with van der Waals surface area (Å²) in [5.41, 5.74) is 1.95. The van der Waals surface area contributed by atoms with Gasteiger partial charge in [-0.05, 0) is 54.4 Å². The molecule has 2 N–H and O–H groups in total. The average Bonchev–Trinajstić information content (AvgIpc) is 2.56. The van der Waals surface area contributed by atoms with Crippen molar-refractivity contribution in [2.45, 2.75) is 17.4 Å². The van der Waals surface area contributed by atoms with Crippen LogP contribution in [0, 0.1) is 17.1 Å². The van der Waals surface area contributed by atoms with Gasteiger partial charge in [0, 0.05) is 16.3 Å². The molecular weight excluding hydrogens is 313 g/mol. The van der Waals surface area contributed by atoms with Crippen LogP contribution in [0.15, 0.2) is 47.4 Å². The molecule has 1 unspecified atom stereocenters. The fourth-order valence-electron chi connectivity index (χ4n) is 2.47. The van der Waals surface area contributed by atoms with Crippen molar-refractivity contribution in [3.05, 3.63) is 59.4 Å². The number of thioether (sulfide) groups is 1. The van der Waals surface area contributed by atoms with Crippen LogP contribution in [0.5, 0.6) is 0 Å². The highest BCUT2D eigenvalue weighted by molar-refractivity contribution is 7.99. The molecule has 0 aliphatic carbocycles. The Morgan fingerprint density at radius 3 is 2.78 bits per heavy atom. The van der Waals surface area contributed by atoms with Gasteiger partial charge in [-0.3, -0.25) is 0 Å². The van der Waals surface area contributed by atoms with Gasteiger partial charge in [0.05, 0.1) is 17.7 Å². The molecule has 1 aliphatic heterocycles. The molecule has 2 aromatic carbocycles. The maximum absolute atomic E-state index is 13.5. The molecule has 23 heavy (non-hydrogen) atoms. The summed E-state index contributed by atoms with van der Waals surface area (Å²) in [5.74, 6) is 0.575. The molecule has 1 atom stereocenters. The van der Waals surface area contributed by atoms with Gasteiger partial charge in [0.2, 0.25) is 0 Å². The number of carbonyl (C=O) groups excluding carboxylic acids is 1. The summed E-state index contributed by atoms with van der Waals surface area (Å²) >= 11 is 1.67. The second-order valence-corrected chi connectivity index (χ2v) is 6.30. The molecule has 2 aromatic rings. The largest absolute Gasteiger partial charge is 0.331 e. The number of nitrogens with zero attached hydrogens (tertiary/aromatic N) is 1. The molecule has 1 aliphatic rings. The van der Waals surface area contributed by atoms with Crippen LogP contribution in [0.3, 0.4) is 0 Å². The second kappa shape index (κ2) is 6.71. The van der Waals surface area contributed by atoms with Crippen LogP contribution in [-0.2, 0) is 0 Å². The highest BCUT2D eigenvalue weighted by Gasteiger charge is 2.22. The van der Waals surface area contributed by atoms with Crippen LogP contribution in [0.25, 0.3) is 0 Å². The van der Waals surface area contributed by atoms with Crippen molar-refractivity contribution in [1.29, 1.82) is 5.26 Å². The normalized spacial score (nSPS) is 16.1. The van der Waals surface area contributed by atoms with Gasteiger partial charge in [0.1, 0.15) is 5.82 Å². The standard InChI is InChI=1S/C17H14FN3OS/c18-12-3-6-16-14(9-12)15(7-8-23-16)21-17(22)20-13-4-1-11(10-19)2-5-13/h1-6,9,15H,7-8H2,(H2,20,21,22). The van der Waals surface area contributed by atoms with E-state index in [1.54, 1.807) is 42.1 Å². The van der Waals surface area contributed by atoms with E-state index >= 15 is 0 Å². The summed E-state index contributed by atoms with van der Waals surface area (Å²) in [6, 6.07) is 12.7. The van der Waals surface area contributed by atoms with Crippen LogP contribution in [0.1, 0.15) is 23.6 Å². The molecular formula is C17H14FN3OS. The molecule has 4 nitrogen and oxygen atoms in total. The lowest BCUT2D eigenvalue weighted by Gasteiger charge is -2.26. The maximum Gasteiger partial charge on any atom is 0.319 e. The van der Waals surface area contributed by atoms with Crippen LogP contribution in [0.2, 0.25) is 0 Å². The number of halogens is 1. The predicted molar refractivity (Wildman–Crippen MR) is 87.8 cm³/mol. The number of anilines is 1. The first-order chi connectivity index (χ1) is 11.2. The van der Waals surface area contributed by atoms with Crippen molar-refractivity contribution < 1.29 is 9.18 Å². The fourth-order valence-corrected chi connectivity index (χ4v) is 3.57. The van der Waals surface area contributed by atoms with Crippen molar-refractivity contribution in [3.8, 4) is 6.07 Å². The minimum absolute atomic E-state index is 0.208. The van der Waals surface area contributed by atoms with Crippen LogP contribution in [-0.4, -0.2) is 11.8 Å². The van der Waals surface area contributed by atoms with Gasteiger partial charge in [-0.2, -0.15) is 5.26 Å². The smallest absolute Gasteiger partial charge is 0.319 e. The van der Waals surface area contributed by atoms with Gasteiger partial charge >= 0.3 is 6.03 Å². The Hall–Kier alpha value is -2.52. The molecule has 0 radical (unpaired) electrons. The average molecular weight is 327 g/mol. The van der Waals surface area contributed by atoms with E-state index in [-0.39, 0.29) is 17.9 Å². The van der Waals surface area contributed by atoms with Crippen molar-refractivity contribution in [3.63, 3.8) is 0 Å². The highest BCUT2D eigenvalue weighted by atomic mass is 32.2. The molecule has 3 rings (SSSR count). The van der Waals surface area contributed by atoms with Crippen LogP contribution < -0.4 is 10.6 Å². The molecule has 116 valence electrons. The molecule has 0 saturated heterocycles. The zero-order valence-electron chi connectivity index (χ0n) is 12.2. The summed E-state index contributed by atoms with van der Waals surface area (Å²) in [5, 5.41) is 14.4. The summed E-state index contributed by atoms with van der Waals surface area (Å²) < 4.78 is 13.5. The number of carbonyl (C=O) groups is 1. The molecule has 0 aromatic heterocycles. The van der Waals surface area contributed by atoms with Gasteiger partial charge < -0.3 is 10.6 Å². The number of nitriles is 1. The number of rotatable bonds is 2. The first-order valence-corrected chi connectivity index (χ1v) is 8.14. The molecule has 0 fully saturated rings. The monoisotopic (exact) mass is 327 g/mol. The van der Waals surface area contributed by atoms with Gasteiger partial charge in [-0.15, -0.1) is 11.8 Å². The zero-order chi connectivity index (χ0) is 16.2. The third-order valence-corrected chi connectivity index (χ3v) is 4.71. The Bertz CT molecular complexity index is 770. The lowest BCUT2D eigenvalue weighted by atomic mass is 10.0. The number of nitrogens with one attached hydrogen (secondary N) is 2. The van der Waals surface area contributed by atoms with Crippen molar-refractivity contribution in [2.24, 2.45) is 0 Å². The number of hydrogen-bond acceptors (Lipinski definition) is 3. The van der Waals surface area contributed by atoms with E-state index < -0.39 is 0 Å². The first-order valence-electron chi connectivity index (χ1n) is 7.15. The third kappa shape index (κ3) is 3.63. The minimum Gasteiger partial charge on any atom is -0.331 e. The Labute approximate surface area is 137 Å². The minimum atomic E-state index is -0.346. The summed E-state index contributed by atoms with van der Waals surface area (Å²) in [6.45, 7) is 0. The predicted octanol–water partition coefficient (Wildman–Crippen LogP) is 4.06. The number of hydrogen-bond donors (Lipinski definition) is 2. The van der Waals surface area contributed by atoms with E-state index in [1.807, 2.05) is 6.07 Å². The Morgan fingerprint density at radius 2 is 2.04 bits per heavy atom. The highest BCUT2D eigenvalue weighted by Crippen LogP contribution is 2.36. The number of fused-ring (bicyclic) bond motifs is 1. The van der Waals surface area contributed by atoms with Crippen LogP contribution in [0.4, 0.5) is 14.9 Å². The summed E-state index contributed by atoms with van der Waals surface area (Å²) in [4.78, 5) is 13.1. The first kappa shape index (κ1) is 15.4. The lowest BCUT2D eigenvalue weighted by molar-refractivity contribution is 0.248. The number of amides is 2. The van der Waals surface area contributed by atoms with E-state index in [0.29, 0.717) is 11.3 Å². The summed E-state index contributed by atoms with van der Waals surface area (Å²) in [7, 11) is 0. The second-order valence-electron chi connectivity index (χ2n) is 5.16. The van der Waals surface area contributed by atoms with Crippen molar-refractivity contribution in [2.75, 3.05) is 11.1 Å². The van der Waals surface area contributed by atoms with E-state index in [4.69, 9.17) is 5.26 Å². The van der Waals surface area contributed by atoms with Gasteiger partial charge in [-0.25, -0.2) is 9.18 Å². The summed E-state index contributed by atoms with van der Waals surface area (Å²) in [6.07, 6.45) is 0.752. The van der Waals surface area contributed by atoms with E-state index in [1.165, 1.54) is 12.1 Å². The maximum atomic E-state index is 13.5. The quantitative estimate of drug-likeness (QED) is 0.874. The number of benzene rings is 2. The van der Waals surface area contributed by atoms with E-state index in [0.717, 1.165) is 22.6 Å². The zero-order valence-corrected chi connectivity index (χ0v) is 13.0. The van der Waals surface area contributed by atoms with Gasteiger partial charge in [0.15, 0.2) is 0 Å². The van der Waals surface area contributed by atoms with Gasteiger partial charge in [0.25, 0.3) is 0 Å². The Balaban J connectivity index is 1.69. The molecule has 1 heterocycles. The SMILES string of the molecule is N#Cc1ccc(NC(=O)NC2CCSc3ccc(F)cc32)cc1. The fraction of sp³-hybridized carbons (Fsp3) is 0.176. The molecule has 0 spiro atoms. The third-order valence-electron chi connectivity index (χ3n) is 3.59. The lowest BCUT2D eigenvalue weighted by Crippen LogP contribution is -2.34. The Kier molecular flexibility index (Phi) is 4.49. The molecule has 6 heteroatoms. The van der Waals surface area contributed by atoms with Crippen molar-refractivity contribution in [1.82, 2.24) is 5.32 Å². The Morgan fingerprint density at radius 1 is 1.26 bits per heavy atom. The van der Waals surface area contributed by atoms with Crippen LogP contribution >= 0.6 is 11.8 Å². The number of urea groups is 1. The van der Waals surface area contributed by atoms with E-state index in [2.05, 4.69) is 10.6 Å². The molecule has 0 bridgehead atoms. The topological polar surface area (TPSA) is 64.9 Å². The molecule has 2 amide bonds. The van der Waals surface area contributed by atoms with Crippen molar-refractivity contribution >= 4 is 23.5 Å².